The van der Waals surface area contributed by atoms with Crippen LogP contribution in [0.3, 0.4) is 0 Å². The zero-order valence-corrected chi connectivity index (χ0v) is 7.62. The molecule has 0 aliphatic heterocycles. The summed E-state index contributed by atoms with van der Waals surface area (Å²) in [6, 6.07) is 0. The molecule has 0 saturated heterocycles. The maximum absolute atomic E-state index is 11.1. The lowest BCUT2D eigenvalue weighted by Gasteiger charge is -2.24. The summed E-state index contributed by atoms with van der Waals surface area (Å²) >= 11 is 0. The summed E-state index contributed by atoms with van der Waals surface area (Å²) in [6.45, 7) is 1.61. The van der Waals surface area contributed by atoms with E-state index in [2.05, 4.69) is 0 Å². The van der Waals surface area contributed by atoms with Gasteiger partial charge in [-0.15, -0.1) is 0 Å². The summed E-state index contributed by atoms with van der Waals surface area (Å²) in [5, 5.41) is 0. The lowest BCUT2D eigenvalue weighted by molar-refractivity contribution is -0.120. The minimum absolute atomic E-state index is 0.0493. The van der Waals surface area contributed by atoms with Crippen molar-refractivity contribution in [3.63, 3.8) is 0 Å². The largest absolute Gasteiger partial charge is 0.479 e. The third kappa shape index (κ3) is 2.17. The highest BCUT2D eigenvalue weighted by Crippen LogP contribution is 2.19. The minimum Gasteiger partial charge on any atom is -0.479 e. The zero-order chi connectivity index (χ0) is 9.90. The van der Waals surface area contributed by atoms with Gasteiger partial charge in [0.25, 0.3) is 0 Å². The molecule has 0 fully saturated rings. The van der Waals surface area contributed by atoms with Crippen molar-refractivity contribution in [3.8, 4) is 0 Å². The molecule has 0 aromatic rings. The van der Waals surface area contributed by atoms with Crippen molar-refractivity contribution in [1.29, 1.82) is 0 Å². The molecule has 0 spiro atoms. The summed E-state index contributed by atoms with van der Waals surface area (Å²) in [5.74, 6) is 0.622. The number of allylic oxidation sites excluding steroid dienone is 1. The molecule has 4 nitrogen and oxygen atoms in total. The van der Waals surface area contributed by atoms with Gasteiger partial charge < -0.3 is 10.5 Å². The first-order valence-corrected chi connectivity index (χ1v) is 4.11. The van der Waals surface area contributed by atoms with E-state index >= 15 is 0 Å². The van der Waals surface area contributed by atoms with Crippen molar-refractivity contribution in [1.82, 2.24) is 0 Å². The molecule has 0 saturated carbocycles. The predicted octanol–water partition coefficient (Wildman–Crippen LogP) is 0.0495. The first-order valence-electron chi connectivity index (χ1n) is 4.11. The number of ether oxygens (including phenoxy) is 1. The molecule has 1 aliphatic rings. The Morgan fingerprint density at radius 3 is 2.85 bits per heavy atom. The Kier molecular flexibility index (Phi) is 2.85. The lowest BCUT2D eigenvalue weighted by atomic mass is 9.88. The van der Waals surface area contributed by atoms with Gasteiger partial charge in [-0.05, 0) is 25.5 Å². The van der Waals surface area contributed by atoms with Gasteiger partial charge in [0.1, 0.15) is 12.5 Å². The minimum atomic E-state index is -0.860. The van der Waals surface area contributed by atoms with Gasteiger partial charge in [0.15, 0.2) is 5.78 Å². The van der Waals surface area contributed by atoms with Gasteiger partial charge in [-0.1, -0.05) is 6.08 Å². The Morgan fingerprint density at radius 1 is 1.77 bits per heavy atom. The number of hydrogen-bond donors (Lipinski definition) is 2. The average Bonchev–Trinajstić information content (AvgIpc) is 2.09. The number of carbonyl (C=O) groups excluding carboxylic acids is 1. The highest BCUT2D eigenvalue weighted by Gasteiger charge is 2.28. The molecule has 13 heavy (non-hydrogen) atoms. The quantitative estimate of drug-likeness (QED) is 0.604. The van der Waals surface area contributed by atoms with Crippen LogP contribution in [0.15, 0.2) is 24.0 Å². The van der Waals surface area contributed by atoms with Gasteiger partial charge in [0.05, 0.1) is 5.54 Å². The molecule has 1 unspecified atom stereocenters. The van der Waals surface area contributed by atoms with Crippen LogP contribution in [0.5, 0.6) is 0 Å². The molecule has 1 atom stereocenters. The number of ketones is 1. The maximum atomic E-state index is 11.1. The second kappa shape index (κ2) is 3.72. The third-order valence-corrected chi connectivity index (χ3v) is 2.09. The highest BCUT2D eigenvalue weighted by atomic mass is 16.5. The monoisotopic (exact) mass is 182 g/mol. The van der Waals surface area contributed by atoms with Crippen molar-refractivity contribution in [2.75, 3.05) is 6.73 Å². The predicted molar refractivity (Wildman–Crippen MR) is 49.6 cm³/mol. The molecule has 0 bridgehead atoms. The first kappa shape index (κ1) is 9.95. The summed E-state index contributed by atoms with van der Waals surface area (Å²) in [7, 11) is 0. The van der Waals surface area contributed by atoms with E-state index < -0.39 is 5.54 Å². The second-order valence-corrected chi connectivity index (χ2v) is 3.05. The fraction of sp³-hybridized carbons (Fsp3) is 0.444. The smallest absolute Gasteiger partial charge is 0.153 e. The van der Waals surface area contributed by atoms with E-state index in [1.807, 2.05) is 0 Å². The number of carbonyl (C=O) groups is 1. The SMILES string of the molecule is CC(=O)C1(N)C=CC(OCN)=CC1. The topological polar surface area (TPSA) is 78.3 Å². The molecule has 0 aromatic heterocycles. The van der Waals surface area contributed by atoms with E-state index in [4.69, 9.17) is 16.2 Å². The molecule has 1 aliphatic carbocycles. The lowest BCUT2D eigenvalue weighted by Crippen LogP contribution is -2.45. The van der Waals surface area contributed by atoms with Gasteiger partial charge in [0, 0.05) is 0 Å². The molecular formula is C9H14N2O2. The maximum Gasteiger partial charge on any atom is 0.153 e. The number of Topliss-reactive ketones (excluding diaryl/α,β-unsaturated/α-hetero) is 1. The molecule has 0 amide bonds. The van der Waals surface area contributed by atoms with Crippen molar-refractivity contribution in [2.24, 2.45) is 11.5 Å². The van der Waals surface area contributed by atoms with Crippen molar-refractivity contribution in [3.05, 3.63) is 24.0 Å². The van der Waals surface area contributed by atoms with Crippen LogP contribution in [0.2, 0.25) is 0 Å². The molecular weight excluding hydrogens is 168 g/mol. The first-order chi connectivity index (χ1) is 6.08. The van der Waals surface area contributed by atoms with Gasteiger partial charge in [0.2, 0.25) is 0 Å². The standard InChI is InChI=1S/C9H14N2O2/c1-7(12)9(11)4-2-8(3-5-9)13-6-10/h2-4H,5-6,10-11H2,1H3. The molecule has 4 heteroatoms. The van der Waals surface area contributed by atoms with E-state index in [0.717, 1.165) is 0 Å². The number of hydrogen-bond acceptors (Lipinski definition) is 4. The van der Waals surface area contributed by atoms with Crippen LogP contribution >= 0.6 is 0 Å². The fourth-order valence-electron chi connectivity index (χ4n) is 1.10. The molecule has 72 valence electrons. The molecule has 0 heterocycles. The van der Waals surface area contributed by atoms with Gasteiger partial charge in [-0.25, -0.2) is 0 Å². The average molecular weight is 182 g/mol. The van der Waals surface area contributed by atoms with Crippen molar-refractivity contribution < 1.29 is 9.53 Å². The number of rotatable bonds is 3. The summed E-state index contributed by atoms with van der Waals surface area (Å²) in [6.07, 6.45) is 5.57. The summed E-state index contributed by atoms with van der Waals surface area (Å²) < 4.78 is 5.04. The van der Waals surface area contributed by atoms with Crippen LogP contribution in [0.25, 0.3) is 0 Å². The zero-order valence-electron chi connectivity index (χ0n) is 7.62. The van der Waals surface area contributed by atoms with Crippen LogP contribution in [0.1, 0.15) is 13.3 Å². The number of nitrogens with two attached hydrogens (primary N) is 2. The van der Waals surface area contributed by atoms with Gasteiger partial charge in [-0.2, -0.15) is 0 Å². The molecule has 4 N–H and O–H groups in total. The Morgan fingerprint density at radius 2 is 2.46 bits per heavy atom. The Balaban J connectivity index is 2.67. The van der Waals surface area contributed by atoms with Gasteiger partial charge >= 0.3 is 0 Å². The van der Waals surface area contributed by atoms with Crippen molar-refractivity contribution >= 4 is 5.78 Å². The highest BCUT2D eigenvalue weighted by molar-refractivity contribution is 5.88. The Hall–Kier alpha value is -1.13. The van der Waals surface area contributed by atoms with E-state index in [9.17, 15) is 4.79 Å². The van der Waals surface area contributed by atoms with Crippen LogP contribution in [0, 0.1) is 0 Å². The second-order valence-electron chi connectivity index (χ2n) is 3.05. The third-order valence-electron chi connectivity index (χ3n) is 2.09. The Bertz CT molecular complexity index is 271. The Labute approximate surface area is 77.2 Å². The van der Waals surface area contributed by atoms with Crippen LogP contribution in [-0.4, -0.2) is 18.1 Å². The van der Waals surface area contributed by atoms with Crippen LogP contribution in [0.4, 0.5) is 0 Å². The molecule has 1 rings (SSSR count). The molecule has 0 radical (unpaired) electrons. The van der Waals surface area contributed by atoms with E-state index in [0.29, 0.717) is 12.2 Å². The molecule has 0 aromatic carbocycles. The normalized spacial score (nSPS) is 26.8. The van der Waals surface area contributed by atoms with Crippen LogP contribution in [-0.2, 0) is 9.53 Å². The van der Waals surface area contributed by atoms with Crippen LogP contribution < -0.4 is 11.5 Å². The van der Waals surface area contributed by atoms with E-state index in [1.165, 1.54) is 6.92 Å². The van der Waals surface area contributed by atoms with Gasteiger partial charge in [-0.3, -0.25) is 10.5 Å². The van der Waals surface area contributed by atoms with E-state index in [1.54, 1.807) is 18.2 Å². The summed E-state index contributed by atoms with van der Waals surface area (Å²) in [5.41, 5.74) is 10.1. The van der Waals surface area contributed by atoms with Crippen molar-refractivity contribution in [2.45, 2.75) is 18.9 Å². The van der Waals surface area contributed by atoms with E-state index in [-0.39, 0.29) is 12.5 Å². The summed E-state index contributed by atoms with van der Waals surface area (Å²) in [4.78, 5) is 11.1. The fourth-order valence-corrected chi connectivity index (χ4v) is 1.10.